The second kappa shape index (κ2) is 6.37. The Balaban J connectivity index is 2.23. The fraction of sp³-hybridized carbons (Fsp3) is 0.0667. The number of benzene rings is 2. The van der Waals surface area contributed by atoms with E-state index in [0.717, 1.165) is 0 Å². The van der Waals surface area contributed by atoms with Crippen LogP contribution >= 0.6 is 11.6 Å². The zero-order chi connectivity index (χ0) is 15.4. The average Bonchev–Trinajstić information content (AvgIpc) is 2.46. The zero-order valence-corrected chi connectivity index (χ0v) is 11.9. The summed E-state index contributed by atoms with van der Waals surface area (Å²) in [4.78, 5) is 11.0. The fourth-order valence-corrected chi connectivity index (χ4v) is 1.92. The van der Waals surface area contributed by atoms with Crippen molar-refractivity contribution in [2.75, 3.05) is 5.43 Å². The van der Waals surface area contributed by atoms with E-state index in [1.165, 1.54) is 18.2 Å². The highest BCUT2D eigenvalue weighted by Crippen LogP contribution is 2.20. The van der Waals surface area contributed by atoms with E-state index < -0.39 is 5.97 Å². The highest BCUT2D eigenvalue weighted by molar-refractivity contribution is 6.33. The quantitative estimate of drug-likeness (QED) is 0.662. The molecule has 2 aromatic rings. The van der Waals surface area contributed by atoms with Crippen molar-refractivity contribution in [2.24, 2.45) is 5.10 Å². The molecule has 0 heterocycles. The van der Waals surface area contributed by atoms with Gasteiger partial charge in [-0.2, -0.15) is 5.10 Å². The van der Waals surface area contributed by atoms with Crippen LogP contribution in [0.2, 0.25) is 5.02 Å². The number of rotatable bonds is 4. The molecule has 0 spiro atoms. The third-order valence-corrected chi connectivity index (χ3v) is 3.14. The first-order valence-electron chi connectivity index (χ1n) is 6.07. The van der Waals surface area contributed by atoms with Gasteiger partial charge >= 0.3 is 5.97 Å². The Hall–Kier alpha value is -2.40. The predicted molar refractivity (Wildman–Crippen MR) is 80.6 cm³/mol. The molecule has 0 aliphatic heterocycles. The molecule has 0 amide bonds. The van der Waals surface area contributed by atoms with Gasteiger partial charge in [-0.05, 0) is 31.2 Å². The van der Waals surface area contributed by atoms with E-state index in [1.807, 2.05) is 0 Å². The molecule has 0 unspecified atom stereocenters. The number of carbonyl (C=O) groups is 1. The molecule has 0 fully saturated rings. The third kappa shape index (κ3) is 3.58. The van der Waals surface area contributed by atoms with Crippen molar-refractivity contribution in [1.29, 1.82) is 0 Å². The molecular formula is C15H12ClFN2O2. The molecule has 2 N–H and O–H groups in total. The summed E-state index contributed by atoms with van der Waals surface area (Å²) in [5, 5.41) is 13.2. The standard InChI is InChI=1S/C15H12ClFN2O2/c1-9(11-4-2-3-5-14(11)17)18-19-10-6-7-13(16)12(8-10)15(20)21/h2-8,19H,1H3,(H,20,21)/b18-9-. The van der Waals surface area contributed by atoms with Crippen LogP contribution in [0.3, 0.4) is 0 Å². The van der Waals surface area contributed by atoms with Crippen molar-refractivity contribution in [1.82, 2.24) is 0 Å². The molecule has 6 heteroatoms. The van der Waals surface area contributed by atoms with Crippen molar-refractivity contribution in [2.45, 2.75) is 6.92 Å². The van der Waals surface area contributed by atoms with Gasteiger partial charge in [0.1, 0.15) is 5.82 Å². The van der Waals surface area contributed by atoms with E-state index in [1.54, 1.807) is 31.2 Å². The number of anilines is 1. The van der Waals surface area contributed by atoms with Crippen LogP contribution in [0, 0.1) is 5.82 Å². The topological polar surface area (TPSA) is 61.7 Å². The Morgan fingerprint density at radius 1 is 1.24 bits per heavy atom. The van der Waals surface area contributed by atoms with E-state index >= 15 is 0 Å². The minimum atomic E-state index is -1.13. The third-order valence-electron chi connectivity index (χ3n) is 2.81. The first kappa shape index (κ1) is 15.0. The van der Waals surface area contributed by atoms with Crippen LogP contribution in [-0.4, -0.2) is 16.8 Å². The Kier molecular flexibility index (Phi) is 4.55. The lowest BCUT2D eigenvalue weighted by Crippen LogP contribution is -2.03. The van der Waals surface area contributed by atoms with Gasteiger partial charge in [0, 0.05) is 5.56 Å². The molecule has 2 aromatic carbocycles. The molecule has 0 radical (unpaired) electrons. The summed E-state index contributed by atoms with van der Waals surface area (Å²) < 4.78 is 13.6. The lowest BCUT2D eigenvalue weighted by atomic mass is 10.1. The Morgan fingerprint density at radius 2 is 1.95 bits per heavy atom. The van der Waals surface area contributed by atoms with Gasteiger partial charge in [0.05, 0.1) is 22.0 Å². The van der Waals surface area contributed by atoms with Crippen LogP contribution in [0.4, 0.5) is 10.1 Å². The molecule has 2 rings (SSSR count). The SMILES string of the molecule is C/C(=N/Nc1ccc(Cl)c(C(=O)O)c1)c1ccccc1F. The molecule has 0 aromatic heterocycles. The van der Waals surface area contributed by atoms with Gasteiger partial charge in [-0.3, -0.25) is 5.43 Å². The lowest BCUT2D eigenvalue weighted by Gasteiger charge is -2.06. The molecule has 108 valence electrons. The highest BCUT2D eigenvalue weighted by atomic mass is 35.5. The lowest BCUT2D eigenvalue weighted by molar-refractivity contribution is 0.0697. The first-order valence-corrected chi connectivity index (χ1v) is 6.45. The molecule has 21 heavy (non-hydrogen) atoms. The minimum Gasteiger partial charge on any atom is -0.478 e. The monoisotopic (exact) mass is 306 g/mol. The van der Waals surface area contributed by atoms with E-state index in [2.05, 4.69) is 10.5 Å². The van der Waals surface area contributed by atoms with Crippen LogP contribution in [-0.2, 0) is 0 Å². The molecule has 0 aliphatic rings. The summed E-state index contributed by atoms with van der Waals surface area (Å²) in [7, 11) is 0. The molecule has 0 bridgehead atoms. The largest absolute Gasteiger partial charge is 0.478 e. The van der Waals surface area contributed by atoms with E-state index in [-0.39, 0.29) is 16.4 Å². The number of carboxylic acid groups (broad SMARTS) is 1. The van der Waals surface area contributed by atoms with Crippen molar-refractivity contribution < 1.29 is 14.3 Å². The molecule has 0 saturated carbocycles. The van der Waals surface area contributed by atoms with Crippen LogP contribution < -0.4 is 5.43 Å². The molecule has 4 nitrogen and oxygen atoms in total. The van der Waals surface area contributed by atoms with Crippen LogP contribution in [0.15, 0.2) is 47.6 Å². The van der Waals surface area contributed by atoms with Crippen LogP contribution in [0.5, 0.6) is 0 Å². The maximum atomic E-state index is 13.6. The normalized spacial score (nSPS) is 11.3. The number of hydrazone groups is 1. The summed E-state index contributed by atoms with van der Waals surface area (Å²) >= 11 is 5.78. The number of aromatic carboxylic acids is 1. The Bertz CT molecular complexity index is 717. The number of carboxylic acids is 1. The summed E-state index contributed by atoms with van der Waals surface area (Å²) in [5.74, 6) is -1.50. The second-order valence-corrected chi connectivity index (χ2v) is 4.70. The maximum Gasteiger partial charge on any atom is 0.337 e. The molecule has 0 aliphatic carbocycles. The van der Waals surface area contributed by atoms with Crippen molar-refractivity contribution in [3.63, 3.8) is 0 Å². The Labute approximate surface area is 125 Å². The predicted octanol–water partition coefficient (Wildman–Crippen LogP) is 4.01. The molecule has 0 saturated heterocycles. The van der Waals surface area contributed by atoms with Gasteiger partial charge < -0.3 is 5.11 Å². The summed E-state index contributed by atoms with van der Waals surface area (Å²) in [6, 6.07) is 10.7. The number of halogens is 2. The number of nitrogens with zero attached hydrogens (tertiary/aromatic N) is 1. The number of hydrogen-bond acceptors (Lipinski definition) is 3. The van der Waals surface area contributed by atoms with E-state index in [9.17, 15) is 9.18 Å². The maximum absolute atomic E-state index is 13.6. The zero-order valence-electron chi connectivity index (χ0n) is 11.1. The van der Waals surface area contributed by atoms with Crippen molar-refractivity contribution >= 4 is 29.0 Å². The van der Waals surface area contributed by atoms with Gasteiger partial charge in [0.15, 0.2) is 0 Å². The summed E-state index contributed by atoms with van der Waals surface area (Å²) in [6.07, 6.45) is 0. The molecular weight excluding hydrogens is 295 g/mol. The molecule has 0 atom stereocenters. The summed E-state index contributed by atoms with van der Waals surface area (Å²) in [6.45, 7) is 1.65. The number of hydrogen-bond donors (Lipinski definition) is 2. The van der Waals surface area contributed by atoms with Crippen LogP contribution in [0.25, 0.3) is 0 Å². The second-order valence-electron chi connectivity index (χ2n) is 4.29. The van der Waals surface area contributed by atoms with Gasteiger partial charge in [0.25, 0.3) is 0 Å². The van der Waals surface area contributed by atoms with E-state index in [4.69, 9.17) is 16.7 Å². The average molecular weight is 307 g/mol. The van der Waals surface area contributed by atoms with Crippen molar-refractivity contribution in [3.05, 3.63) is 64.4 Å². The van der Waals surface area contributed by atoms with Crippen molar-refractivity contribution in [3.8, 4) is 0 Å². The fourth-order valence-electron chi connectivity index (χ4n) is 1.72. The minimum absolute atomic E-state index is 0.0274. The van der Waals surface area contributed by atoms with Crippen LogP contribution in [0.1, 0.15) is 22.8 Å². The van der Waals surface area contributed by atoms with E-state index in [0.29, 0.717) is 17.0 Å². The van der Waals surface area contributed by atoms with Gasteiger partial charge in [-0.15, -0.1) is 0 Å². The van der Waals surface area contributed by atoms with Gasteiger partial charge in [0.2, 0.25) is 0 Å². The smallest absolute Gasteiger partial charge is 0.337 e. The Morgan fingerprint density at radius 3 is 2.62 bits per heavy atom. The van der Waals surface area contributed by atoms with Gasteiger partial charge in [-0.25, -0.2) is 9.18 Å². The summed E-state index contributed by atoms with van der Waals surface area (Å²) in [5.41, 5.74) is 3.93. The number of nitrogens with one attached hydrogen (secondary N) is 1. The van der Waals surface area contributed by atoms with Gasteiger partial charge in [-0.1, -0.05) is 29.8 Å². The highest BCUT2D eigenvalue weighted by Gasteiger charge is 2.09. The first-order chi connectivity index (χ1) is 9.99.